The zero-order valence-electron chi connectivity index (χ0n) is 5.26. The lowest BCUT2D eigenvalue weighted by atomic mass is 9.74. The van der Waals surface area contributed by atoms with Gasteiger partial charge in [-0.15, -0.1) is 0 Å². The van der Waals surface area contributed by atoms with Crippen LogP contribution in [0.2, 0.25) is 0 Å². The Labute approximate surface area is 58.3 Å². The lowest BCUT2D eigenvalue weighted by Crippen LogP contribution is -2.60. The van der Waals surface area contributed by atoms with Gasteiger partial charge in [-0.05, 0) is 7.05 Å². The highest BCUT2D eigenvalue weighted by Crippen LogP contribution is 1.72. The maximum absolute atomic E-state index is 2.88. The van der Waals surface area contributed by atoms with Crippen LogP contribution in [0.1, 0.15) is 0 Å². The van der Waals surface area contributed by atoms with Gasteiger partial charge in [0, 0.05) is 0 Å². The molecule has 8 heteroatoms. The van der Waals surface area contributed by atoms with Crippen molar-refractivity contribution in [1.29, 1.82) is 0 Å². The SMILES string of the molecule is CN[B]N1[B]N[B]N[B]1. The van der Waals surface area contributed by atoms with E-state index in [2.05, 4.69) is 15.5 Å². The van der Waals surface area contributed by atoms with Crippen molar-refractivity contribution in [2.75, 3.05) is 7.05 Å². The number of rotatable bonds is 2. The molecule has 0 aromatic rings. The molecule has 0 spiro atoms. The predicted molar refractivity (Wildman–Crippen MR) is 40.2 cm³/mol. The fourth-order valence-corrected chi connectivity index (χ4v) is 0.556. The summed E-state index contributed by atoms with van der Waals surface area (Å²) < 4.78 is 1.83. The Bertz CT molecular complexity index is 70.2. The Morgan fingerprint density at radius 1 is 1.44 bits per heavy atom. The average molecular weight is 117 g/mol. The van der Waals surface area contributed by atoms with Gasteiger partial charge in [0.15, 0.2) is 0 Å². The molecule has 1 saturated heterocycles. The third-order valence-electron chi connectivity index (χ3n) is 0.892. The highest BCUT2D eigenvalue weighted by Gasteiger charge is 2.12. The monoisotopic (exact) mass is 118 g/mol. The van der Waals surface area contributed by atoms with Gasteiger partial charge in [-0.1, -0.05) is 0 Å². The van der Waals surface area contributed by atoms with Crippen LogP contribution in [0.4, 0.5) is 0 Å². The van der Waals surface area contributed by atoms with Crippen LogP contribution in [0, 0.1) is 0 Å². The van der Waals surface area contributed by atoms with Gasteiger partial charge in [-0.25, -0.2) is 0 Å². The van der Waals surface area contributed by atoms with Crippen LogP contribution >= 0.6 is 0 Å². The minimum absolute atomic E-state index is 1.74. The Balaban J connectivity index is 2.08. The first-order chi connectivity index (χ1) is 4.43. The molecule has 1 aliphatic rings. The number of nitrogens with zero attached hydrogens (tertiary/aromatic N) is 1. The normalized spacial score (nSPS) is 19.2. The van der Waals surface area contributed by atoms with Crippen molar-refractivity contribution in [2.24, 2.45) is 0 Å². The first-order valence-corrected chi connectivity index (χ1v) is 2.72. The van der Waals surface area contributed by atoms with Gasteiger partial charge in [-0.3, -0.25) is 0 Å². The van der Waals surface area contributed by atoms with E-state index in [-0.39, 0.29) is 0 Å². The summed E-state index contributed by atoms with van der Waals surface area (Å²) in [6.07, 6.45) is 0. The van der Waals surface area contributed by atoms with Crippen molar-refractivity contribution in [3.05, 3.63) is 0 Å². The van der Waals surface area contributed by atoms with Gasteiger partial charge in [0.2, 0.25) is 0 Å². The molecule has 9 heavy (non-hydrogen) atoms. The molecule has 0 aliphatic carbocycles. The van der Waals surface area contributed by atoms with E-state index in [1.165, 1.54) is 0 Å². The fourth-order valence-electron chi connectivity index (χ4n) is 0.556. The van der Waals surface area contributed by atoms with E-state index >= 15 is 0 Å². The van der Waals surface area contributed by atoms with E-state index in [0.717, 1.165) is 0 Å². The quantitative estimate of drug-likeness (QED) is 0.334. The number of hydrogen-bond donors (Lipinski definition) is 3. The summed E-state index contributed by atoms with van der Waals surface area (Å²) in [5.41, 5.74) is 0. The summed E-state index contributed by atoms with van der Waals surface area (Å²) in [6.45, 7) is 0. The first-order valence-electron chi connectivity index (χ1n) is 2.72. The molecule has 0 saturated carbocycles. The van der Waals surface area contributed by atoms with Crippen LogP contribution in [0.15, 0.2) is 0 Å². The van der Waals surface area contributed by atoms with Gasteiger partial charge in [0.05, 0.1) is 0 Å². The van der Waals surface area contributed by atoms with E-state index in [1.807, 2.05) is 34.3 Å². The van der Waals surface area contributed by atoms with Gasteiger partial charge in [-0.2, -0.15) is 0 Å². The third-order valence-corrected chi connectivity index (χ3v) is 0.892. The van der Waals surface area contributed by atoms with Crippen molar-refractivity contribution in [2.45, 2.75) is 0 Å². The van der Waals surface area contributed by atoms with Crippen molar-refractivity contribution >= 4 is 30.2 Å². The van der Waals surface area contributed by atoms with E-state index in [4.69, 9.17) is 0 Å². The molecule has 4 nitrogen and oxygen atoms in total. The van der Waals surface area contributed by atoms with Crippen LogP contribution < -0.4 is 15.5 Å². The average Bonchev–Trinajstić information content (AvgIpc) is 1.91. The number of nitrogens with one attached hydrogen (secondary N) is 3. The molecule has 1 aliphatic heterocycles. The van der Waals surface area contributed by atoms with Gasteiger partial charge < -0.3 is 20.1 Å². The van der Waals surface area contributed by atoms with Crippen LogP contribution in [-0.4, -0.2) is 41.9 Å². The standard InChI is InChI=1S/CH6B4N4/c1-6-3-9-4-7-2-8-5-9/h6-8H,1H3. The highest BCUT2D eigenvalue weighted by atomic mass is 15.1. The Morgan fingerprint density at radius 2 is 2.11 bits per heavy atom. The Kier molecular flexibility index (Phi) is 3.21. The summed E-state index contributed by atoms with van der Waals surface area (Å²) in [7, 11) is 9.02. The lowest BCUT2D eigenvalue weighted by molar-refractivity contribution is 0.965. The maximum atomic E-state index is 2.88. The molecule has 0 unspecified atom stereocenters. The van der Waals surface area contributed by atoms with E-state index < -0.39 is 0 Å². The minimum Gasteiger partial charge on any atom is -0.398 e. The summed E-state index contributed by atoms with van der Waals surface area (Å²) >= 11 is 0. The summed E-state index contributed by atoms with van der Waals surface area (Å²) in [4.78, 5) is 0. The van der Waals surface area contributed by atoms with Crippen molar-refractivity contribution in [3.63, 3.8) is 0 Å². The lowest BCUT2D eigenvalue weighted by Gasteiger charge is -2.23. The highest BCUT2D eigenvalue weighted by molar-refractivity contribution is 6.73. The third kappa shape index (κ3) is 2.45. The maximum Gasteiger partial charge on any atom is 0.287 e. The molecule has 0 amide bonds. The molecule has 1 fully saturated rings. The topological polar surface area (TPSA) is 39.3 Å². The Morgan fingerprint density at radius 3 is 2.67 bits per heavy atom. The molecule has 1 heterocycles. The van der Waals surface area contributed by atoms with E-state index in [1.54, 1.807) is 7.55 Å². The Hall–Kier alpha value is 0.0997. The molecular weight excluding hydrogens is 111 g/mol. The smallest absolute Gasteiger partial charge is 0.287 e. The predicted octanol–water partition coefficient (Wildman–Crippen LogP) is -3.16. The van der Waals surface area contributed by atoms with Crippen LogP contribution in [0.5, 0.6) is 0 Å². The van der Waals surface area contributed by atoms with Gasteiger partial charge in [0.25, 0.3) is 30.2 Å². The zero-order valence-corrected chi connectivity index (χ0v) is 5.26. The second-order valence-electron chi connectivity index (χ2n) is 1.60. The summed E-state index contributed by atoms with van der Waals surface area (Å²) in [5, 5.41) is 8.65. The molecule has 1 rings (SSSR count). The fraction of sp³-hybridized carbons (Fsp3) is 1.00. The van der Waals surface area contributed by atoms with Gasteiger partial charge >= 0.3 is 0 Å². The molecular formula is CH6B4N4. The van der Waals surface area contributed by atoms with Crippen LogP contribution in [0.25, 0.3) is 0 Å². The zero-order chi connectivity index (χ0) is 6.53. The second kappa shape index (κ2) is 4.00. The van der Waals surface area contributed by atoms with E-state index in [9.17, 15) is 0 Å². The van der Waals surface area contributed by atoms with Crippen molar-refractivity contribution < 1.29 is 0 Å². The van der Waals surface area contributed by atoms with E-state index in [0.29, 0.717) is 0 Å². The molecule has 0 bridgehead atoms. The summed E-state index contributed by atoms with van der Waals surface area (Å²) in [5.74, 6) is 0. The van der Waals surface area contributed by atoms with Crippen LogP contribution in [0.3, 0.4) is 0 Å². The summed E-state index contributed by atoms with van der Waals surface area (Å²) in [6, 6.07) is 0. The molecule has 4 radical (unpaired) electrons. The molecule has 0 aromatic carbocycles. The molecule has 0 aromatic heterocycles. The van der Waals surface area contributed by atoms with Crippen LogP contribution in [-0.2, 0) is 0 Å². The largest absolute Gasteiger partial charge is 0.398 e. The van der Waals surface area contributed by atoms with Gasteiger partial charge in [0.1, 0.15) is 0 Å². The number of hydrogen-bond acceptors (Lipinski definition) is 4. The molecule has 0 atom stereocenters. The minimum atomic E-state index is 1.74. The molecule has 42 valence electrons. The second-order valence-corrected chi connectivity index (χ2v) is 1.60. The first kappa shape index (κ1) is 7.21. The van der Waals surface area contributed by atoms with Crippen molar-refractivity contribution in [1.82, 2.24) is 20.1 Å². The van der Waals surface area contributed by atoms with Crippen molar-refractivity contribution in [3.8, 4) is 0 Å². The molecule has 3 N–H and O–H groups in total.